The predicted molar refractivity (Wildman–Crippen MR) is 79.2 cm³/mol. The van der Waals surface area contributed by atoms with E-state index in [-0.39, 0.29) is 5.91 Å². The number of nitrogens with zero attached hydrogens (tertiary/aromatic N) is 1. The van der Waals surface area contributed by atoms with Gasteiger partial charge >= 0.3 is 0 Å². The summed E-state index contributed by atoms with van der Waals surface area (Å²) in [4.78, 5) is 13.5. The Morgan fingerprint density at radius 3 is 2.63 bits per heavy atom. The van der Waals surface area contributed by atoms with Crippen LogP contribution in [0, 0.1) is 0 Å². The molecule has 1 aliphatic rings. The second-order valence-electron chi connectivity index (χ2n) is 5.23. The minimum Gasteiger partial charge on any atom is -0.312 e. The quantitative estimate of drug-likeness (QED) is 0.650. The molecular weight excluding hydrogens is 236 g/mol. The van der Waals surface area contributed by atoms with E-state index in [9.17, 15) is 4.79 Å². The summed E-state index contributed by atoms with van der Waals surface area (Å²) in [6.45, 7) is 6.82. The highest BCUT2D eigenvalue weighted by Crippen LogP contribution is 2.21. The molecule has 2 rings (SSSR count). The molecule has 1 aromatic carbocycles. The minimum atomic E-state index is 0.245. The van der Waals surface area contributed by atoms with Gasteiger partial charge in [-0.2, -0.15) is 0 Å². The Kier molecular flexibility index (Phi) is 4.74. The number of carbonyl (C=O) groups is 1. The Balaban J connectivity index is 1.88. The van der Waals surface area contributed by atoms with Gasteiger partial charge in [-0.05, 0) is 38.0 Å². The molecule has 1 fully saturated rings. The summed E-state index contributed by atoms with van der Waals surface area (Å²) < 4.78 is 0. The predicted octanol–water partition coefficient (Wildman–Crippen LogP) is 2.87. The van der Waals surface area contributed by atoms with Gasteiger partial charge in [0.25, 0.3) is 0 Å². The highest BCUT2D eigenvalue weighted by atomic mass is 16.2. The number of hydrogen-bond donors (Lipinski definition) is 1. The third kappa shape index (κ3) is 3.93. The van der Waals surface area contributed by atoms with Crippen molar-refractivity contribution in [1.82, 2.24) is 5.32 Å². The molecule has 0 unspecified atom stereocenters. The zero-order valence-corrected chi connectivity index (χ0v) is 11.8. The van der Waals surface area contributed by atoms with Gasteiger partial charge in [0.15, 0.2) is 0 Å². The highest BCUT2D eigenvalue weighted by molar-refractivity contribution is 5.95. The molecule has 0 aromatic heterocycles. The molecule has 0 aliphatic carbocycles. The largest absolute Gasteiger partial charge is 0.312 e. The van der Waals surface area contributed by atoms with Crippen LogP contribution in [0.2, 0.25) is 0 Å². The van der Waals surface area contributed by atoms with E-state index in [0.29, 0.717) is 6.42 Å². The molecule has 1 amide bonds. The zero-order chi connectivity index (χ0) is 13.7. The summed E-state index contributed by atoms with van der Waals surface area (Å²) in [6, 6.07) is 8.27. The minimum absolute atomic E-state index is 0.245. The van der Waals surface area contributed by atoms with Crippen LogP contribution in [-0.2, 0) is 11.3 Å². The Labute approximate surface area is 115 Å². The number of amides is 1. The zero-order valence-electron chi connectivity index (χ0n) is 11.8. The van der Waals surface area contributed by atoms with Gasteiger partial charge in [-0.3, -0.25) is 4.79 Å². The monoisotopic (exact) mass is 258 g/mol. The first kappa shape index (κ1) is 13.8. The van der Waals surface area contributed by atoms with Gasteiger partial charge in [-0.15, -0.1) is 0 Å². The summed E-state index contributed by atoms with van der Waals surface area (Å²) >= 11 is 0. The molecule has 1 aromatic rings. The van der Waals surface area contributed by atoms with Gasteiger partial charge in [0, 0.05) is 31.7 Å². The SMILES string of the molecule is CC(C)=CCNCc1ccc(N2CCCC2=O)cc1. The van der Waals surface area contributed by atoms with Crippen LogP contribution in [0.25, 0.3) is 0 Å². The van der Waals surface area contributed by atoms with E-state index >= 15 is 0 Å². The van der Waals surface area contributed by atoms with Crippen molar-refractivity contribution < 1.29 is 4.79 Å². The van der Waals surface area contributed by atoms with E-state index in [0.717, 1.165) is 31.7 Å². The molecule has 0 radical (unpaired) electrons. The Morgan fingerprint density at radius 2 is 2.05 bits per heavy atom. The van der Waals surface area contributed by atoms with Crippen molar-refractivity contribution in [2.24, 2.45) is 0 Å². The molecule has 1 saturated heterocycles. The van der Waals surface area contributed by atoms with Crippen molar-refractivity contribution in [2.75, 3.05) is 18.0 Å². The van der Waals surface area contributed by atoms with Crippen molar-refractivity contribution in [3.05, 3.63) is 41.5 Å². The molecule has 3 nitrogen and oxygen atoms in total. The van der Waals surface area contributed by atoms with Gasteiger partial charge in [0.05, 0.1) is 0 Å². The number of carbonyl (C=O) groups excluding carboxylic acids is 1. The molecule has 0 saturated carbocycles. The van der Waals surface area contributed by atoms with Gasteiger partial charge in [0.2, 0.25) is 5.91 Å². The lowest BCUT2D eigenvalue weighted by molar-refractivity contribution is -0.117. The van der Waals surface area contributed by atoms with Gasteiger partial charge in [0.1, 0.15) is 0 Å². The number of anilines is 1. The average molecular weight is 258 g/mol. The Bertz CT molecular complexity index is 458. The lowest BCUT2D eigenvalue weighted by Crippen LogP contribution is -2.23. The number of allylic oxidation sites excluding steroid dienone is 1. The van der Waals surface area contributed by atoms with Crippen LogP contribution in [0.4, 0.5) is 5.69 Å². The number of nitrogens with one attached hydrogen (secondary N) is 1. The maximum absolute atomic E-state index is 11.6. The smallest absolute Gasteiger partial charge is 0.227 e. The van der Waals surface area contributed by atoms with Crippen molar-refractivity contribution in [3.63, 3.8) is 0 Å². The highest BCUT2D eigenvalue weighted by Gasteiger charge is 2.21. The standard InChI is InChI=1S/C16H22N2O/c1-13(2)9-10-17-12-14-5-7-15(8-6-14)18-11-3-4-16(18)19/h5-9,17H,3-4,10-12H2,1-2H3. The third-order valence-corrected chi connectivity index (χ3v) is 3.31. The van der Waals surface area contributed by atoms with Gasteiger partial charge in [-0.25, -0.2) is 0 Å². The van der Waals surface area contributed by atoms with Crippen LogP contribution in [-0.4, -0.2) is 19.0 Å². The van der Waals surface area contributed by atoms with Crippen molar-refractivity contribution in [2.45, 2.75) is 33.2 Å². The summed E-state index contributed by atoms with van der Waals surface area (Å²) in [5.74, 6) is 0.245. The molecule has 1 heterocycles. The van der Waals surface area contributed by atoms with Crippen LogP contribution in [0.1, 0.15) is 32.3 Å². The molecule has 3 heteroatoms. The van der Waals surface area contributed by atoms with Crippen LogP contribution >= 0.6 is 0 Å². The van der Waals surface area contributed by atoms with E-state index in [1.54, 1.807) is 0 Å². The summed E-state index contributed by atoms with van der Waals surface area (Å²) in [6.07, 6.45) is 3.84. The number of benzene rings is 1. The van der Waals surface area contributed by atoms with Gasteiger partial charge < -0.3 is 10.2 Å². The van der Waals surface area contributed by atoms with Gasteiger partial charge in [-0.1, -0.05) is 23.8 Å². The first-order valence-electron chi connectivity index (χ1n) is 6.90. The first-order valence-corrected chi connectivity index (χ1v) is 6.90. The Morgan fingerprint density at radius 1 is 1.32 bits per heavy atom. The fourth-order valence-electron chi connectivity index (χ4n) is 2.21. The maximum Gasteiger partial charge on any atom is 0.227 e. The van der Waals surface area contributed by atoms with Crippen LogP contribution in [0.15, 0.2) is 35.9 Å². The number of rotatable bonds is 5. The van der Waals surface area contributed by atoms with Crippen LogP contribution in [0.3, 0.4) is 0 Å². The molecular formula is C16H22N2O. The molecule has 1 aliphatic heterocycles. The fourth-order valence-corrected chi connectivity index (χ4v) is 2.21. The van der Waals surface area contributed by atoms with E-state index in [1.807, 2.05) is 17.0 Å². The topological polar surface area (TPSA) is 32.3 Å². The Hall–Kier alpha value is -1.61. The number of hydrogen-bond acceptors (Lipinski definition) is 2. The van der Waals surface area contributed by atoms with Crippen LogP contribution in [0.5, 0.6) is 0 Å². The lowest BCUT2D eigenvalue weighted by Gasteiger charge is -2.16. The van der Waals surface area contributed by atoms with E-state index in [4.69, 9.17) is 0 Å². The lowest BCUT2D eigenvalue weighted by atomic mass is 10.2. The molecule has 102 valence electrons. The third-order valence-electron chi connectivity index (χ3n) is 3.31. The molecule has 19 heavy (non-hydrogen) atoms. The van der Waals surface area contributed by atoms with Crippen molar-refractivity contribution >= 4 is 11.6 Å². The molecule has 0 atom stereocenters. The first-order chi connectivity index (χ1) is 9.16. The molecule has 1 N–H and O–H groups in total. The van der Waals surface area contributed by atoms with E-state index in [2.05, 4.69) is 37.4 Å². The second kappa shape index (κ2) is 6.53. The van der Waals surface area contributed by atoms with Crippen molar-refractivity contribution in [3.8, 4) is 0 Å². The second-order valence-corrected chi connectivity index (χ2v) is 5.23. The van der Waals surface area contributed by atoms with Crippen molar-refractivity contribution in [1.29, 1.82) is 0 Å². The van der Waals surface area contributed by atoms with Crippen LogP contribution < -0.4 is 10.2 Å². The molecule has 0 bridgehead atoms. The summed E-state index contributed by atoms with van der Waals surface area (Å²) in [7, 11) is 0. The molecule has 0 spiro atoms. The van der Waals surface area contributed by atoms with E-state index in [1.165, 1.54) is 11.1 Å². The summed E-state index contributed by atoms with van der Waals surface area (Å²) in [5.41, 5.74) is 3.60. The summed E-state index contributed by atoms with van der Waals surface area (Å²) in [5, 5.41) is 3.37. The normalized spacial score (nSPS) is 14.8. The van der Waals surface area contributed by atoms with E-state index < -0.39 is 0 Å². The maximum atomic E-state index is 11.6. The fraction of sp³-hybridized carbons (Fsp3) is 0.438. The average Bonchev–Trinajstić information content (AvgIpc) is 2.81.